The van der Waals surface area contributed by atoms with Crippen LogP contribution in [0.25, 0.3) is 0 Å². The second-order valence-electron chi connectivity index (χ2n) is 7.60. The lowest BCUT2D eigenvalue weighted by molar-refractivity contribution is -0.134. The number of rotatable bonds is 5. The predicted molar refractivity (Wildman–Crippen MR) is 117 cm³/mol. The highest BCUT2D eigenvalue weighted by Crippen LogP contribution is 2.36. The maximum atomic E-state index is 13.3. The van der Waals surface area contributed by atoms with Crippen molar-refractivity contribution in [1.29, 1.82) is 0 Å². The average molecular weight is 411 g/mol. The summed E-state index contributed by atoms with van der Waals surface area (Å²) in [7, 11) is 0. The lowest BCUT2D eigenvalue weighted by atomic mass is 9.98. The zero-order valence-electron chi connectivity index (χ0n) is 16.8. The van der Waals surface area contributed by atoms with Gasteiger partial charge < -0.3 is 4.90 Å². The average Bonchev–Trinajstić information content (AvgIpc) is 3.21. The molecule has 0 aromatic heterocycles. The summed E-state index contributed by atoms with van der Waals surface area (Å²) >= 11 is 6.49. The number of piperazine rings is 1. The summed E-state index contributed by atoms with van der Waals surface area (Å²) in [6, 6.07) is 17.7. The maximum absolute atomic E-state index is 13.3. The van der Waals surface area contributed by atoms with Gasteiger partial charge in [0.15, 0.2) is 0 Å². The molecule has 152 valence electrons. The number of amides is 1. The predicted octanol–water partition coefficient (Wildman–Crippen LogP) is 3.66. The first-order valence-corrected chi connectivity index (χ1v) is 10.7. The summed E-state index contributed by atoms with van der Waals surface area (Å²) < 4.78 is 0. The van der Waals surface area contributed by atoms with Gasteiger partial charge in [-0.1, -0.05) is 67.1 Å². The first-order valence-electron chi connectivity index (χ1n) is 10.3. The molecule has 0 unspecified atom stereocenters. The minimum absolute atomic E-state index is 0.0331. The molecule has 2 aliphatic rings. The Morgan fingerprint density at radius 3 is 2.34 bits per heavy atom. The number of carbonyl (C=O) groups excluding carboxylic acids is 1. The second-order valence-corrected chi connectivity index (χ2v) is 8.01. The third-order valence-electron chi connectivity index (χ3n) is 5.81. The van der Waals surface area contributed by atoms with Crippen molar-refractivity contribution in [2.24, 2.45) is 5.10 Å². The minimum Gasteiger partial charge on any atom is -0.301 e. The SMILES string of the molecule is CCN1CCN(CC(=O)N2N=C(c3ccccc3)C[C@H]2c2ccccc2Cl)CC1. The van der Waals surface area contributed by atoms with Crippen LogP contribution >= 0.6 is 11.6 Å². The van der Waals surface area contributed by atoms with Crippen LogP contribution in [0.5, 0.6) is 0 Å². The first-order chi connectivity index (χ1) is 14.2. The van der Waals surface area contributed by atoms with E-state index in [0.29, 0.717) is 18.0 Å². The number of carbonyl (C=O) groups is 1. The number of halogens is 1. The fourth-order valence-corrected chi connectivity index (χ4v) is 4.32. The summed E-state index contributed by atoms with van der Waals surface area (Å²) in [5.74, 6) is 0.0331. The maximum Gasteiger partial charge on any atom is 0.257 e. The van der Waals surface area contributed by atoms with E-state index < -0.39 is 0 Å². The van der Waals surface area contributed by atoms with Crippen LogP contribution in [0.2, 0.25) is 5.02 Å². The quantitative estimate of drug-likeness (QED) is 0.755. The minimum atomic E-state index is -0.164. The van der Waals surface area contributed by atoms with Gasteiger partial charge in [-0.2, -0.15) is 5.10 Å². The molecule has 6 heteroatoms. The molecular formula is C23H27ClN4O. The van der Waals surface area contributed by atoms with Gasteiger partial charge in [0, 0.05) is 37.6 Å². The van der Waals surface area contributed by atoms with Gasteiger partial charge in [-0.25, -0.2) is 5.01 Å². The molecular weight excluding hydrogens is 384 g/mol. The third kappa shape index (κ3) is 4.53. The summed E-state index contributed by atoms with van der Waals surface area (Å²) in [5.41, 5.74) is 2.93. The van der Waals surface area contributed by atoms with Crippen LogP contribution in [0.15, 0.2) is 59.7 Å². The Morgan fingerprint density at radius 2 is 1.66 bits per heavy atom. The van der Waals surface area contributed by atoms with Crippen molar-refractivity contribution in [3.63, 3.8) is 0 Å². The monoisotopic (exact) mass is 410 g/mol. The van der Waals surface area contributed by atoms with Crippen LogP contribution in [-0.4, -0.2) is 65.7 Å². The van der Waals surface area contributed by atoms with Crippen LogP contribution < -0.4 is 0 Å². The van der Waals surface area contributed by atoms with Crippen LogP contribution in [0.3, 0.4) is 0 Å². The molecule has 29 heavy (non-hydrogen) atoms. The fraction of sp³-hybridized carbons (Fsp3) is 0.391. The van der Waals surface area contributed by atoms with Crippen LogP contribution in [0.4, 0.5) is 0 Å². The molecule has 2 aromatic rings. The Hall–Kier alpha value is -2.21. The molecule has 1 atom stereocenters. The van der Waals surface area contributed by atoms with E-state index >= 15 is 0 Å². The molecule has 2 aromatic carbocycles. The van der Waals surface area contributed by atoms with Crippen molar-refractivity contribution in [3.05, 3.63) is 70.7 Å². The zero-order valence-corrected chi connectivity index (χ0v) is 17.6. The topological polar surface area (TPSA) is 39.1 Å². The molecule has 5 nitrogen and oxygen atoms in total. The summed E-state index contributed by atoms with van der Waals surface area (Å²) in [5, 5.41) is 7.10. The van der Waals surface area contributed by atoms with E-state index in [0.717, 1.165) is 49.6 Å². The van der Waals surface area contributed by atoms with Crippen molar-refractivity contribution in [1.82, 2.24) is 14.8 Å². The molecule has 0 radical (unpaired) electrons. The zero-order chi connectivity index (χ0) is 20.2. The van der Waals surface area contributed by atoms with E-state index in [1.165, 1.54) is 0 Å². The van der Waals surface area contributed by atoms with Gasteiger partial charge in [-0.15, -0.1) is 0 Å². The van der Waals surface area contributed by atoms with E-state index in [1.54, 1.807) is 5.01 Å². The Labute approximate surface area is 177 Å². The number of hydrogen-bond acceptors (Lipinski definition) is 4. The molecule has 4 rings (SSSR count). The Bertz CT molecular complexity index is 877. The molecule has 0 bridgehead atoms. The van der Waals surface area contributed by atoms with E-state index in [1.807, 2.05) is 54.6 Å². The number of hydrogen-bond donors (Lipinski definition) is 0. The Morgan fingerprint density at radius 1 is 1.00 bits per heavy atom. The van der Waals surface area contributed by atoms with Gasteiger partial charge >= 0.3 is 0 Å². The molecule has 0 aliphatic carbocycles. The van der Waals surface area contributed by atoms with E-state index in [2.05, 4.69) is 16.7 Å². The second kappa shape index (κ2) is 9.08. The van der Waals surface area contributed by atoms with Gasteiger partial charge in [0.1, 0.15) is 0 Å². The van der Waals surface area contributed by atoms with E-state index in [4.69, 9.17) is 16.7 Å². The van der Waals surface area contributed by atoms with Gasteiger partial charge in [0.05, 0.1) is 18.3 Å². The van der Waals surface area contributed by atoms with Crippen LogP contribution in [0, 0.1) is 0 Å². The number of nitrogens with zero attached hydrogens (tertiary/aromatic N) is 4. The number of likely N-dealkylation sites (N-methyl/N-ethyl adjacent to an activating group) is 1. The molecule has 1 amide bonds. The van der Waals surface area contributed by atoms with Gasteiger partial charge in [0.25, 0.3) is 5.91 Å². The molecule has 1 fully saturated rings. The van der Waals surface area contributed by atoms with Crippen LogP contribution in [0.1, 0.15) is 30.5 Å². The molecule has 2 aliphatic heterocycles. The molecule has 0 spiro atoms. The van der Waals surface area contributed by atoms with E-state index in [9.17, 15) is 4.79 Å². The molecule has 1 saturated heterocycles. The van der Waals surface area contributed by atoms with Crippen LogP contribution in [-0.2, 0) is 4.79 Å². The van der Waals surface area contributed by atoms with Gasteiger partial charge in [-0.05, 0) is 23.7 Å². The highest BCUT2D eigenvalue weighted by molar-refractivity contribution is 6.31. The lowest BCUT2D eigenvalue weighted by Gasteiger charge is -2.34. The van der Waals surface area contributed by atoms with Gasteiger partial charge in [0.2, 0.25) is 0 Å². The van der Waals surface area contributed by atoms with E-state index in [-0.39, 0.29) is 11.9 Å². The molecule has 0 N–H and O–H groups in total. The third-order valence-corrected chi connectivity index (χ3v) is 6.15. The number of benzene rings is 2. The lowest BCUT2D eigenvalue weighted by Crippen LogP contribution is -2.49. The van der Waals surface area contributed by atoms with Crippen molar-refractivity contribution in [2.45, 2.75) is 19.4 Å². The first kappa shape index (κ1) is 20.1. The Balaban J connectivity index is 1.55. The highest BCUT2D eigenvalue weighted by atomic mass is 35.5. The summed E-state index contributed by atoms with van der Waals surface area (Å²) in [4.78, 5) is 17.9. The van der Waals surface area contributed by atoms with Crippen molar-refractivity contribution >= 4 is 23.2 Å². The largest absolute Gasteiger partial charge is 0.301 e. The highest BCUT2D eigenvalue weighted by Gasteiger charge is 2.35. The van der Waals surface area contributed by atoms with Gasteiger partial charge in [-0.3, -0.25) is 9.69 Å². The normalized spacial score (nSPS) is 20.7. The standard InChI is InChI=1S/C23H27ClN4O/c1-2-26-12-14-27(15-13-26)17-23(29)28-22(19-10-6-7-11-20(19)24)16-21(25-28)18-8-4-3-5-9-18/h3-11,22H,2,12-17H2,1H3/t22-/m0/s1. The Kier molecular flexibility index (Phi) is 6.28. The fourth-order valence-electron chi connectivity index (χ4n) is 4.06. The van der Waals surface area contributed by atoms with Crippen molar-refractivity contribution in [3.8, 4) is 0 Å². The summed E-state index contributed by atoms with van der Waals surface area (Å²) in [6.07, 6.45) is 0.670. The smallest absolute Gasteiger partial charge is 0.257 e. The number of hydrazone groups is 1. The van der Waals surface area contributed by atoms with Crippen molar-refractivity contribution in [2.75, 3.05) is 39.3 Å². The molecule has 2 heterocycles. The summed E-state index contributed by atoms with van der Waals surface area (Å²) in [6.45, 7) is 7.49. The van der Waals surface area contributed by atoms with Crippen molar-refractivity contribution < 1.29 is 4.79 Å². The molecule has 0 saturated carbocycles.